The minimum Gasteiger partial charge on any atom is -0.476 e. The van der Waals surface area contributed by atoms with E-state index in [0.717, 1.165) is 30.8 Å². The Morgan fingerprint density at radius 2 is 1.73 bits per heavy atom. The zero-order valence-corrected chi connectivity index (χ0v) is 36.8. The zero-order chi connectivity index (χ0) is 43.2. The Bertz CT molecular complexity index is 2200. The van der Waals surface area contributed by atoms with Crippen molar-refractivity contribution in [3.8, 4) is 11.8 Å². The second-order valence-electron chi connectivity index (χ2n) is 18.0. The smallest absolute Gasteiger partial charge is 0.313 e. The highest BCUT2D eigenvalue weighted by Crippen LogP contribution is 2.59. The first-order chi connectivity index (χ1) is 28.3. The number of ether oxygens (including phenoxy) is 4. The van der Waals surface area contributed by atoms with E-state index in [1.54, 1.807) is 64.2 Å². The number of nitrogens with zero attached hydrogens (tertiary/aromatic N) is 7. The summed E-state index contributed by atoms with van der Waals surface area (Å²) in [6.07, 6.45) is 4.98. The first-order valence-corrected chi connectivity index (χ1v) is 22.3. The van der Waals surface area contributed by atoms with E-state index < -0.39 is 51.5 Å². The fourth-order valence-corrected chi connectivity index (χ4v) is 10.2. The van der Waals surface area contributed by atoms with Gasteiger partial charge in [0, 0.05) is 55.5 Å². The third-order valence-corrected chi connectivity index (χ3v) is 13.8. The van der Waals surface area contributed by atoms with E-state index in [-0.39, 0.29) is 29.5 Å². The fraction of sp³-hybridized carbons (Fsp3) is 0.605. The van der Waals surface area contributed by atoms with Crippen LogP contribution in [0.4, 0.5) is 8.78 Å². The zero-order valence-electron chi connectivity index (χ0n) is 36.0. The van der Waals surface area contributed by atoms with Crippen molar-refractivity contribution in [2.45, 2.75) is 122 Å². The number of rotatable bonds is 11. The quantitative estimate of drug-likeness (QED) is 0.139. The number of piperidine rings is 1. The molecule has 4 aromatic rings. The summed E-state index contributed by atoms with van der Waals surface area (Å²) in [5.41, 5.74) is 1.23. The summed E-state index contributed by atoms with van der Waals surface area (Å²) >= 11 is 0. The summed E-state index contributed by atoms with van der Waals surface area (Å²) in [4.78, 5) is 26.4. The molecule has 1 unspecified atom stereocenters. The molecule has 60 heavy (non-hydrogen) atoms. The first kappa shape index (κ1) is 44.1. The number of pyridine rings is 3. The molecular weight excluding hydrogens is 797 g/mol. The predicted octanol–water partition coefficient (Wildman–Crippen LogP) is 8.21. The number of carbonyl (C=O) groups excluding carboxylic acids is 1. The van der Waals surface area contributed by atoms with Crippen molar-refractivity contribution >= 4 is 22.4 Å². The van der Waals surface area contributed by atoms with Gasteiger partial charge in [0.05, 0.1) is 25.2 Å². The number of halogens is 2. The Hall–Kier alpha value is -4.00. The Labute approximate surface area is 352 Å². The van der Waals surface area contributed by atoms with Gasteiger partial charge in [-0.05, 0) is 122 Å². The van der Waals surface area contributed by atoms with Gasteiger partial charge in [-0.25, -0.2) is 8.78 Å². The molecule has 7 heterocycles. The Balaban J connectivity index is 1.27. The van der Waals surface area contributed by atoms with E-state index in [9.17, 15) is 22.7 Å². The Morgan fingerprint density at radius 1 is 1.02 bits per heavy atom. The lowest BCUT2D eigenvalue weighted by atomic mass is 9.71. The van der Waals surface area contributed by atoms with E-state index in [2.05, 4.69) is 15.1 Å². The van der Waals surface area contributed by atoms with Crippen molar-refractivity contribution in [3.63, 3.8) is 0 Å². The van der Waals surface area contributed by atoms with Gasteiger partial charge >= 0.3 is 5.97 Å². The molecule has 2 saturated heterocycles. The average Bonchev–Trinajstić information content (AvgIpc) is 3.60. The van der Waals surface area contributed by atoms with Gasteiger partial charge in [0.1, 0.15) is 22.7 Å². The summed E-state index contributed by atoms with van der Waals surface area (Å²) in [6, 6.07) is 5.29. The van der Waals surface area contributed by atoms with Crippen LogP contribution in [-0.2, 0) is 20.8 Å². The van der Waals surface area contributed by atoms with Gasteiger partial charge in [0.25, 0.3) is 6.43 Å². The van der Waals surface area contributed by atoms with Gasteiger partial charge in [-0.2, -0.15) is 9.29 Å². The first-order valence-electron chi connectivity index (χ1n) is 20.8. The minimum atomic E-state index is -3.70. The number of aromatic nitrogens is 5. The van der Waals surface area contributed by atoms with Crippen molar-refractivity contribution in [1.82, 2.24) is 33.8 Å². The monoisotopic (exact) mass is 855 g/mol. The van der Waals surface area contributed by atoms with Gasteiger partial charge in [-0.1, -0.05) is 6.42 Å². The van der Waals surface area contributed by atoms with Crippen LogP contribution in [0.3, 0.4) is 0 Å². The molecule has 0 aliphatic carbocycles. The highest BCUT2D eigenvalue weighted by Gasteiger charge is 2.47. The van der Waals surface area contributed by atoms with Crippen LogP contribution in [0.5, 0.6) is 11.8 Å². The van der Waals surface area contributed by atoms with Gasteiger partial charge in [0.2, 0.25) is 17.6 Å². The number of carbonyl (C=O) groups is 1. The molecular formula is C43H59F2N7O7S. The third-order valence-electron chi connectivity index (χ3n) is 12.0. The average molecular weight is 856 g/mol. The molecule has 17 heteroatoms. The Kier molecular flexibility index (Phi) is 12.5. The number of fused-ring (bicyclic) bond motifs is 2. The normalized spacial score (nSPS) is 19.8. The lowest BCUT2D eigenvalue weighted by molar-refractivity contribution is -0.166. The van der Waals surface area contributed by atoms with Crippen LogP contribution in [-0.4, -0.2) is 106 Å². The summed E-state index contributed by atoms with van der Waals surface area (Å²) in [5.74, 6) is -1.18. The molecule has 0 bridgehead atoms. The number of esters is 1. The maximum atomic E-state index is 14.1. The van der Waals surface area contributed by atoms with E-state index in [4.69, 9.17) is 28.9 Å². The molecule has 1 spiro atoms. The van der Waals surface area contributed by atoms with E-state index in [0.29, 0.717) is 60.9 Å². The number of likely N-dealkylation sites (tertiary alicyclic amines) is 1. The van der Waals surface area contributed by atoms with Gasteiger partial charge in [-0.3, -0.25) is 28.2 Å². The fourth-order valence-electron chi connectivity index (χ4n) is 8.49. The number of hydrogen-bond acceptors (Lipinski definition) is 13. The summed E-state index contributed by atoms with van der Waals surface area (Å²) in [7, 11) is -3.70. The molecule has 0 saturated carbocycles. The van der Waals surface area contributed by atoms with Crippen LogP contribution >= 0.6 is 10.8 Å². The standard InChI is InChI=1S/C43H59F2N7O7S/c1-27-22-33-39(47-38(27)57-21-18-50-15-10-9-11-16-50)58-43(13-19-56-20-14-43)26-51(60(33,54)55)25-30-23-32(46-24-28(30)2)34(42(7,8)40(53)59-41(4,5)6)31-12-17-52-36(29(31)3)48-49-37(52)35(44)45/h12,17,22-24,34-35,54-55H,9-11,13-16,18-21,25-26H2,1-8H3. The maximum Gasteiger partial charge on any atom is 0.313 e. The summed E-state index contributed by atoms with van der Waals surface area (Å²) < 4.78 is 80.1. The van der Waals surface area contributed by atoms with Gasteiger partial charge < -0.3 is 18.9 Å². The third kappa shape index (κ3) is 8.98. The molecule has 14 nitrogen and oxygen atoms in total. The number of hydrogen-bond donors (Lipinski definition) is 2. The molecule has 4 aromatic heterocycles. The molecule has 328 valence electrons. The lowest BCUT2D eigenvalue weighted by Gasteiger charge is -2.44. The summed E-state index contributed by atoms with van der Waals surface area (Å²) in [5, 5.41) is 7.86. The highest BCUT2D eigenvalue weighted by molar-refractivity contribution is 8.22. The molecule has 0 radical (unpaired) electrons. The van der Waals surface area contributed by atoms with Crippen LogP contribution < -0.4 is 9.47 Å². The summed E-state index contributed by atoms with van der Waals surface area (Å²) in [6.45, 7) is 18.9. The maximum absolute atomic E-state index is 14.1. The second kappa shape index (κ2) is 17.0. The molecule has 3 aliphatic heterocycles. The largest absolute Gasteiger partial charge is 0.476 e. The molecule has 0 aromatic carbocycles. The van der Waals surface area contributed by atoms with Crippen molar-refractivity contribution in [1.29, 1.82) is 0 Å². The van der Waals surface area contributed by atoms with Gasteiger partial charge in [-0.15, -0.1) is 21.0 Å². The molecule has 0 amide bonds. The second-order valence-corrected chi connectivity index (χ2v) is 20.0. The van der Waals surface area contributed by atoms with Crippen molar-refractivity contribution < 1.29 is 41.6 Å². The SMILES string of the molecule is Cc1cnc(C(c2ccn3c(C(F)F)nnc3c2C)C(C)(C)C(=O)OC(C)(C)C)cc1CN1CC2(CCOCC2)Oc2nc(OCCN3CCCCC3)c(C)cc2S1(O)O. The molecule has 1 atom stereocenters. The van der Waals surface area contributed by atoms with Crippen molar-refractivity contribution in [3.05, 3.63) is 69.9 Å². The van der Waals surface area contributed by atoms with Crippen LogP contribution in [0.15, 0.2) is 35.5 Å². The topological polar surface area (TPSA) is 157 Å². The molecule has 3 aliphatic rings. The number of alkyl halides is 2. The van der Waals surface area contributed by atoms with E-state index in [1.807, 2.05) is 19.9 Å². The van der Waals surface area contributed by atoms with Gasteiger partial charge in [0.15, 0.2) is 5.65 Å². The van der Waals surface area contributed by atoms with Crippen LogP contribution in [0.25, 0.3) is 5.65 Å². The van der Waals surface area contributed by atoms with Crippen LogP contribution in [0, 0.1) is 26.2 Å². The molecule has 2 N–H and O–H groups in total. The van der Waals surface area contributed by atoms with E-state index in [1.165, 1.54) is 29.9 Å². The highest BCUT2D eigenvalue weighted by atomic mass is 32.3. The van der Waals surface area contributed by atoms with Crippen LogP contribution in [0.2, 0.25) is 0 Å². The molecule has 7 rings (SSSR count). The van der Waals surface area contributed by atoms with E-state index >= 15 is 0 Å². The number of aryl methyl sites for hydroxylation is 3. The predicted molar refractivity (Wildman–Crippen MR) is 223 cm³/mol. The molecule has 2 fully saturated rings. The minimum absolute atomic E-state index is 0.0851. The van der Waals surface area contributed by atoms with Crippen molar-refractivity contribution in [2.24, 2.45) is 5.41 Å². The van der Waals surface area contributed by atoms with Crippen molar-refractivity contribution in [2.75, 3.05) is 46.0 Å². The van der Waals surface area contributed by atoms with Crippen LogP contribution in [0.1, 0.15) is 118 Å². The lowest BCUT2D eigenvalue weighted by Crippen LogP contribution is -2.50. The Morgan fingerprint density at radius 3 is 2.42 bits per heavy atom.